The average Bonchev–Trinajstić information content (AvgIpc) is 3.09. The fraction of sp³-hybridized carbons (Fsp3) is 0.375. The number of aromatic nitrogens is 1. The molecule has 0 atom stereocenters. The van der Waals surface area contributed by atoms with E-state index in [0.29, 0.717) is 11.3 Å². The van der Waals surface area contributed by atoms with Gasteiger partial charge in [0.15, 0.2) is 5.78 Å². The van der Waals surface area contributed by atoms with Gasteiger partial charge in [0.2, 0.25) is 0 Å². The van der Waals surface area contributed by atoms with Crippen LogP contribution in [-0.2, 0) is 6.54 Å². The minimum absolute atomic E-state index is 0.0188. The summed E-state index contributed by atoms with van der Waals surface area (Å²) in [6, 6.07) is 15.6. The number of fused-ring (bicyclic) bond motifs is 1. The maximum absolute atomic E-state index is 13.2. The number of carbonyl (C=O) groups is 1. The Morgan fingerprint density at radius 1 is 0.889 bits per heavy atom. The zero-order valence-electron chi connectivity index (χ0n) is 16.4. The third-order valence-corrected chi connectivity index (χ3v) is 5.14. The van der Waals surface area contributed by atoms with E-state index < -0.39 is 0 Å². The number of hydrogen-bond donors (Lipinski definition) is 0. The molecule has 27 heavy (non-hydrogen) atoms. The van der Waals surface area contributed by atoms with Crippen molar-refractivity contribution in [2.75, 3.05) is 7.11 Å². The Hall–Kier alpha value is -2.55. The first kappa shape index (κ1) is 19.2. The monoisotopic (exact) mass is 363 g/mol. The van der Waals surface area contributed by atoms with Crippen LogP contribution in [0.2, 0.25) is 0 Å². The van der Waals surface area contributed by atoms with Crippen LogP contribution in [0.15, 0.2) is 54.7 Å². The van der Waals surface area contributed by atoms with Gasteiger partial charge in [0.05, 0.1) is 12.7 Å². The Labute approximate surface area is 162 Å². The average molecular weight is 364 g/mol. The molecular weight excluding hydrogens is 334 g/mol. The zero-order chi connectivity index (χ0) is 19.1. The van der Waals surface area contributed by atoms with Crippen LogP contribution in [0.3, 0.4) is 0 Å². The largest absolute Gasteiger partial charge is 0.496 e. The SMILES string of the molecule is CCCCCCCCn1cc(C(=O)c2ccccc2OC)c2ccccc21. The van der Waals surface area contributed by atoms with Gasteiger partial charge in [-0.05, 0) is 24.6 Å². The molecule has 1 aromatic heterocycles. The highest BCUT2D eigenvalue weighted by atomic mass is 16.5. The second-order valence-corrected chi connectivity index (χ2v) is 7.05. The first-order valence-corrected chi connectivity index (χ1v) is 10.0. The molecule has 0 radical (unpaired) electrons. The molecule has 0 aliphatic rings. The molecule has 3 rings (SSSR count). The number of ether oxygens (including phenoxy) is 1. The van der Waals surface area contributed by atoms with E-state index in [4.69, 9.17) is 4.74 Å². The fourth-order valence-corrected chi connectivity index (χ4v) is 3.65. The molecule has 0 saturated carbocycles. The summed E-state index contributed by atoms with van der Waals surface area (Å²) in [6.45, 7) is 3.19. The zero-order valence-corrected chi connectivity index (χ0v) is 16.4. The van der Waals surface area contributed by atoms with E-state index in [-0.39, 0.29) is 5.78 Å². The van der Waals surface area contributed by atoms with Crippen molar-refractivity contribution in [2.45, 2.75) is 52.0 Å². The lowest BCUT2D eigenvalue weighted by Gasteiger charge is -2.06. The van der Waals surface area contributed by atoms with Crippen LogP contribution in [-0.4, -0.2) is 17.5 Å². The lowest BCUT2D eigenvalue weighted by molar-refractivity contribution is 0.103. The van der Waals surface area contributed by atoms with Gasteiger partial charge in [0, 0.05) is 29.2 Å². The first-order chi connectivity index (χ1) is 13.3. The molecular formula is C24H29NO2. The van der Waals surface area contributed by atoms with Crippen LogP contribution in [0, 0.1) is 0 Å². The maximum atomic E-state index is 13.2. The molecule has 2 aromatic carbocycles. The van der Waals surface area contributed by atoms with Crippen LogP contribution >= 0.6 is 0 Å². The summed E-state index contributed by atoms with van der Waals surface area (Å²) in [7, 11) is 1.61. The Balaban J connectivity index is 1.83. The number of rotatable bonds is 10. The molecule has 0 bridgehead atoms. The number of nitrogens with zero attached hydrogens (tertiary/aromatic N) is 1. The van der Waals surface area contributed by atoms with Crippen molar-refractivity contribution >= 4 is 16.7 Å². The number of benzene rings is 2. The second kappa shape index (κ2) is 9.40. The Bertz CT molecular complexity index is 894. The lowest BCUT2D eigenvalue weighted by Crippen LogP contribution is -2.03. The van der Waals surface area contributed by atoms with E-state index in [0.717, 1.165) is 29.4 Å². The van der Waals surface area contributed by atoms with E-state index in [2.05, 4.69) is 17.6 Å². The summed E-state index contributed by atoms with van der Waals surface area (Å²) in [5.74, 6) is 0.639. The third kappa shape index (κ3) is 4.41. The molecule has 0 amide bonds. The van der Waals surface area contributed by atoms with Gasteiger partial charge in [0.1, 0.15) is 5.75 Å². The summed E-state index contributed by atoms with van der Waals surface area (Å²) in [6.07, 6.45) is 9.61. The normalized spacial score (nSPS) is 11.0. The highest BCUT2D eigenvalue weighted by Crippen LogP contribution is 2.27. The van der Waals surface area contributed by atoms with Crippen molar-refractivity contribution in [1.29, 1.82) is 0 Å². The van der Waals surface area contributed by atoms with Gasteiger partial charge >= 0.3 is 0 Å². The standard InChI is InChI=1S/C24H29NO2/c1-3-4-5-6-7-12-17-25-18-21(19-13-8-10-15-22(19)25)24(26)20-14-9-11-16-23(20)27-2/h8-11,13-16,18H,3-7,12,17H2,1-2H3. The fourth-order valence-electron chi connectivity index (χ4n) is 3.65. The van der Waals surface area contributed by atoms with Gasteiger partial charge in [0.25, 0.3) is 0 Å². The number of ketones is 1. The van der Waals surface area contributed by atoms with Crippen LogP contribution in [0.1, 0.15) is 61.4 Å². The number of para-hydroxylation sites is 2. The Kier molecular flexibility index (Phi) is 6.69. The molecule has 0 spiro atoms. The smallest absolute Gasteiger partial charge is 0.198 e. The summed E-state index contributed by atoms with van der Waals surface area (Å²) in [5, 5.41) is 1.01. The van der Waals surface area contributed by atoms with Crippen LogP contribution in [0.25, 0.3) is 10.9 Å². The highest BCUT2D eigenvalue weighted by Gasteiger charge is 2.19. The molecule has 1 heterocycles. The molecule has 0 N–H and O–H groups in total. The number of unbranched alkanes of at least 4 members (excludes halogenated alkanes) is 5. The minimum Gasteiger partial charge on any atom is -0.496 e. The van der Waals surface area contributed by atoms with Gasteiger partial charge in [-0.25, -0.2) is 0 Å². The van der Waals surface area contributed by atoms with Gasteiger partial charge in [-0.15, -0.1) is 0 Å². The Morgan fingerprint density at radius 2 is 1.59 bits per heavy atom. The Morgan fingerprint density at radius 3 is 2.41 bits per heavy atom. The molecule has 142 valence electrons. The van der Waals surface area contributed by atoms with Crippen LogP contribution < -0.4 is 4.74 Å². The number of aryl methyl sites for hydroxylation is 1. The van der Waals surface area contributed by atoms with E-state index in [1.807, 2.05) is 48.7 Å². The van der Waals surface area contributed by atoms with Gasteiger partial charge < -0.3 is 9.30 Å². The quantitative estimate of drug-likeness (QED) is 0.315. The first-order valence-electron chi connectivity index (χ1n) is 10.0. The van der Waals surface area contributed by atoms with E-state index in [1.165, 1.54) is 32.1 Å². The van der Waals surface area contributed by atoms with Gasteiger partial charge in [-0.3, -0.25) is 4.79 Å². The minimum atomic E-state index is 0.0188. The van der Waals surface area contributed by atoms with Crippen LogP contribution in [0.5, 0.6) is 5.75 Å². The van der Waals surface area contributed by atoms with E-state index in [9.17, 15) is 4.79 Å². The molecule has 0 saturated heterocycles. The number of hydrogen-bond acceptors (Lipinski definition) is 2. The summed E-state index contributed by atoms with van der Waals surface area (Å²) in [5.41, 5.74) is 2.49. The van der Waals surface area contributed by atoms with E-state index >= 15 is 0 Å². The van der Waals surface area contributed by atoms with Crippen molar-refractivity contribution in [3.63, 3.8) is 0 Å². The van der Waals surface area contributed by atoms with Crippen molar-refractivity contribution < 1.29 is 9.53 Å². The maximum Gasteiger partial charge on any atom is 0.198 e. The molecule has 0 aliphatic heterocycles. The predicted molar refractivity (Wildman–Crippen MR) is 112 cm³/mol. The van der Waals surface area contributed by atoms with Crippen molar-refractivity contribution in [3.8, 4) is 5.75 Å². The van der Waals surface area contributed by atoms with Crippen molar-refractivity contribution in [1.82, 2.24) is 4.57 Å². The van der Waals surface area contributed by atoms with Crippen molar-refractivity contribution in [2.24, 2.45) is 0 Å². The number of carbonyl (C=O) groups excluding carboxylic acids is 1. The van der Waals surface area contributed by atoms with Gasteiger partial charge in [-0.1, -0.05) is 69.4 Å². The van der Waals surface area contributed by atoms with Gasteiger partial charge in [-0.2, -0.15) is 0 Å². The summed E-state index contributed by atoms with van der Waals surface area (Å²) >= 11 is 0. The second-order valence-electron chi connectivity index (χ2n) is 7.05. The topological polar surface area (TPSA) is 31.2 Å². The molecule has 0 fully saturated rings. The lowest BCUT2D eigenvalue weighted by atomic mass is 10.0. The van der Waals surface area contributed by atoms with Crippen LogP contribution in [0.4, 0.5) is 0 Å². The summed E-state index contributed by atoms with van der Waals surface area (Å²) < 4.78 is 7.62. The molecule has 0 aliphatic carbocycles. The molecule has 3 heteroatoms. The summed E-state index contributed by atoms with van der Waals surface area (Å²) in [4.78, 5) is 13.2. The molecule has 3 nitrogen and oxygen atoms in total. The van der Waals surface area contributed by atoms with Crippen molar-refractivity contribution in [3.05, 3.63) is 65.9 Å². The molecule has 0 unspecified atom stereocenters. The highest BCUT2D eigenvalue weighted by molar-refractivity contribution is 6.17. The predicted octanol–water partition coefficient (Wildman–Crippen LogP) is 6.24. The van der Waals surface area contributed by atoms with E-state index in [1.54, 1.807) is 7.11 Å². The number of methoxy groups -OCH3 is 1. The molecule has 3 aromatic rings. The third-order valence-electron chi connectivity index (χ3n) is 5.14.